The highest BCUT2D eigenvalue weighted by atomic mass is 19.1. The molecule has 1 aliphatic heterocycles. The minimum absolute atomic E-state index is 0.0792. The number of rotatable bonds is 5. The van der Waals surface area contributed by atoms with Crippen molar-refractivity contribution in [1.29, 1.82) is 0 Å². The Morgan fingerprint density at radius 3 is 2.76 bits per heavy atom. The van der Waals surface area contributed by atoms with Crippen LogP contribution in [0.25, 0.3) is 5.57 Å². The minimum atomic E-state index is -0.322. The van der Waals surface area contributed by atoms with Crippen LogP contribution in [0.1, 0.15) is 18.1 Å². The fourth-order valence-electron chi connectivity index (χ4n) is 2.48. The quantitative estimate of drug-likeness (QED) is 0.843. The summed E-state index contributed by atoms with van der Waals surface area (Å²) in [5.41, 5.74) is 3.37. The topological polar surface area (TPSA) is 32.7 Å². The van der Waals surface area contributed by atoms with Gasteiger partial charge in [-0.2, -0.15) is 0 Å². The Kier molecular flexibility index (Phi) is 4.48. The maximum Gasteiger partial charge on any atom is 0.147 e. The molecule has 0 amide bonds. The number of aliphatic hydroxyl groups is 1. The number of aliphatic hydroxyl groups excluding tert-OH is 1. The number of β-amino-alcohol motifs (C(OH)–C–C–N with tert-alkyl or cyclic N) is 1. The number of ether oxygens (including phenoxy) is 1. The Balaban J connectivity index is 2.55. The summed E-state index contributed by atoms with van der Waals surface area (Å²) in [6.07, 6.45) is 1.73. The van der Waals surface area contributed by atoms with E-state index < -0.39 is 0 Å². The Labute approximate surface area is 124 Å². The Hall–Kier alpha value is -2.07. The average Bonchev–Trinajstić information content (AvgIpc) is 2.42. The van der Waals surface area contributed by atoms with Gasteiger partial charge in [0.2, 0.25) is 0 Å². The van der Waals surface area contributed by atoms with Gasteiger partial charge < -0.3 is 14.7 Å². The molecule has 4 heteroatoms. The second-order valence-electron chi connectivity index (χ2n) is 4.94. The van der Waals surface area contributed by atoms with E-state index in [-0.39, 0.29) is 12.4 Å². The monoisotopic (exact) mass is 289 g/mol. The first kappa shape index (κ1) is 15.3. The first-order valence-electron chi connectivity index (χ1n) is 6.90. The Morgan fingerprint density at radius 1 is 1.43 bits per heavy atom. The summed E-state index contributed by atoms with van der Waals surface area (Å²) in [6, 6.07) is 3.37. The molecule has 0 fully saturated rings. The lowest BCUT2D eigenvalue weighted by Gasteiger charge is -2.31. The lowest BCUT2D eigenvalue weighted by atomic mass is 9.92. The summed E-state index contributed by atoms with van der Waals surface area (Å²) >= 11 is 0. The number of nitrogens with zero attached hydrogens (tertiary/aromatic N) is 1. The normalized spacial score (nSPS) is 13.8. The zero-order chi connectivity index (χ0) is 15.6. The third-order valence-electron chi connectivity index (χ3n) is 3.39. The van der Waals surface area contributed by atoms with E-state index in [1.54, 1.807) is 11.1 Å². The van der Waals surface area contributed by atoms with Crippen molar-refractivity contribution in [2.24, 2.45) is 0 Å². The minimum Gasteiger partial charge on any atom is -0.494 e. The predicted molar refractivity (Wildman–Crippen MR) is 83.5 cm³/mol. The molecular weight excluding hydrogens is 269 g/mol. The van der Waals surface area contributed by atoms with Gasteiger partial charge in [-0.3, -0.25) is 0 Å². The summed E-state index contributed by atoms with van der Waals surface area (Å²) in [6.45, 7) is 12.4. The second kappa shape index (κ2) is 6.14. The van der Waals surface area contributed by atoms with Crippen molar-refractivity contribution in [2.45, 2.75) is 13.8 Å². The van der Waals surface area contributed by atoms with E-state index >= 15 is 0 Å². The van der Waals surface area contributed by atoms with E-state index in [0.717, 1.165) is 11.1 Å². The third kappa shape index (κ3) is 2.85. The molecule has 1 N–H and O–H groups in total. The molecule has 0 unspecified atom stereocenters. The first-order valence-corrected chi connectivity index (χ1v) is 6.90. The van der Waals surface area contributed by atoms with Gasteiger partial charge in [0.05, 0.1) is 18.9 Å². The maximum absolute atomic E-state index is 14.3. The molecule has 21 heavy (non-hydrogen) atoms. The van der Waals surface area contributed by atoms with Crippen molar-refractivity contribution < 1.29 is 14.2 Å². The number of hydrogen-bond acceptors (Lipinski definition) is 3. The molecule has 0 radical (unpaired) electrons. The number of fused-ring (bicyclic) bond motifs is 1. The van der Waals surface area contributed by atoms with Crippen molar-refractivity contribution >= 4 is 11.3 Å². The molecule has 112 valence electrons. The summed E-state index contributed by atoms with van der Waals surface area (Å²) in [4.78, 5) is 1.68. The maximum atomic E-state index is 14.3. The molecule has 3 nitrogen and oxygen atoms in total. The molecule has 2 rings (SSSR count). The molecule has 1 aliphatic rings. The van der Waals surface area contributed by atoms with Crippen LogP contribution in [-0.4, -0.2) is 24.9 Å². The molecule has 0 aromatic heterocycles. The number of aryl methyl sites for hydroxylation is 1. The first-order chi connectivity index (χ1) is 9.99. The summed E-state index contributed by atoms with van der Waals surface area (Å²) < 4.78 is 19.8. The van der Waals surface area contributed by atoms with Crippen molar-refractivity contribution in [1.82, 2.24) is 0 Å². The van der Waals surface area contributed by atoms with E-state index in [9.17, 15) is 9.50 Å². The smallest absolute Gasteiger partial charge is 0.147 e. The van der Waals surface area contributed by atoms with Gasteiger partial charge in [-0.25, -0.2) is 4.39 Å². The van der Waals surface area contributed by atoms with E-state index in [0.29, 0.717) is 35.7 Å². The predicted octanol–water partition coefficient (Wildman–Crippen LogP) is 3.39. The average molecular weight is 289 g/mol. The summed E-state index contributed by atoms with van der Waals surface area (Å²) in [5.74, 6) is 0.176. The van der Waals surface area contributed by atoms with Gasteiger partial charge in [0.15, 0.2) is 0 Å². The zero-order valence-corrected chi connectivity index (χ0v) is 12.4. The van der Waals surface area contributed by atoms with Crippen LogP contribution in [0.3, 0.4) is 0 Å². The van der Waals surface area contributed by atoms with Crippen LogP contribution < -0.4 is 4.90 Å². The van der Waals surface area contributed by atoms with Crippen molar-refractivity contribution in [3.63, 3.8) is 0 Å². The Bertz CT molecular complexity index is 619. The summed E-state index contributed by atoms with van der Waals surface area (Å²) in [7, 11) is 0. The molecule has 0 spiro atoms. The van der Waals surface area contributed by atoms with E-state index in [1.165, 1.54) is 6.07 Å². The fourth-order valence-corrected chi connectivity index (χ4v) is 2.48. The molecule has 1 heterocycles. The van der Waals surface area contributed by atoms with Crippen LogP contribution in [0.15, 0.2) is 42.8 Å². The molecule has 0 aliphatic carbocycles. The molecule has 0 saturated heterocycles. The molecule has 0 bridgehead atoms. The highest BCUT2D eigenvalue weighted by molar-refractivity contribution is 5.91. The van der Waals surface area contributed by atoms with Gasteiger partial charge in [-0.05, 0) is 37.1 Å². The van der Waals surface area contributed by atoms with Gasteiger partial charge in [0.1, 0.15) is 11.6 Å². The van der Waals surface area contributed by atoms with Crippen molar-refractivity contribution in [2.75, 3.05) is 24.7 Å². The molecular formula is C17H20FNO2. The van der Waals surface area contributed by atoms with Gasteiger partial charge >= 0.3 is 0 Å². The molecule has 1 aromatic carbocycles. The van der Waals surface area contributed by atoms with Gasteiger partial charge in [0, 0.05) is 23.9 Å². The fraction of sp³-hybridized carbons (Fsp3) is 0.294. The number of anilines is 1. The van der Waals surface area contributed by atoms with E-state index in [2.05, 4.69) is 13.2 Å². The highest BCUT2D eigenvalue weighted by Crippen LogP contribution is 2.40. The van der Waals surface area contributed by atoms with Crippen LogP contribution >= 0.6 is 0 Å². The largest absolute Gasteiger partial charge is 0.494 e. The van der Waals surface area contributed by atoms with E-state index in [1.807, 2.05) is 19.9 Å². The van der Waals surface area contributed by atoms with Gasteiger partial charge in [-0.15, -0.1) is 0 Å². The van der Waals surface area contributed by atoms with Crippen LogP contribution in [0, 0.1) is 12.7 Å². The van der Waals surface area contributed by atoms with Crippen molar-refractivity contribution in [3.05, 3.63) is 59.8 Å². The third-order valence-corrected chi connectivity index (χ3v) is 3.39. The standard InChI is InChI=1S/C17H20FNO2/c1-5-21-13(4)15-10-19(6-7-20)17-14(12(15)3)8-11(2)9-16(17)18/h8-10,20H,3-7H2,1-2H3. The highest BCUT2D eigenvalue weighted by Gasteiger charge is 2.26. The zero-order valence-electron chi connectivity index (χ0n) is 12.4. The number of halogens is 1. The van der Waals surface area contributed by atoms with Gasteiger partial charge in [0.25, 0.3) is 0 Å². The second-order valence-corrected chi connectivity index (χ2v) is 4.94. The SMILES string of the molecule is C=C(OCC)C1=CN(CCO)c2c(F)cc(C)cc2C1=C. The summed E-state index contributed by atoms with van der Waals surface area (Å²) in [5, 5.41) is 9.21. The lowest BCUT2D eigenvalue weighted by molar-refractivity contribution is 0.241. The Morgan fingerprint density at radius 2 is 2.14 bits per heavy atom. The molecule has 0 saturated carbocycles. The lowest BCUT2D eigenvalue weighted by Crippen LogP contribution is -2.26. The molecule has 1 aromatic rings. The van der Waals surface area contributed by atoms with E-state index in [4.69, 9.17) is 4.74 Å². The van der Waals surface area contributed by atoms with Crippen LogP contribution in [0.4, 0.5) is 10.1 Å². The van der Waals surface area contributed by atoms with Crippen LogP contribution in [-0.2, 0) is 4.74 Å². The number of allylic oxidation sites excluding steroid dienone is 1. The number of hydrogen-bond donors (Lipinski definition) is 1. The number of benzene rings is 1. The van der Waals surface area contributed by atoms with Gasteiger partial charge in [-0.1, -0.05) is 13.2 Å². The molecule has 0 atom stereocenters. The van der Waals surface area contributed by atoms with Crippen molar-refractivity contribution in [3.8, 4) is 0 Å². The van der Waals surface area contributed by atoms with Crippen LogP contribution in [0.2, 0.25) is 0 Å². The van der Waals surface area contributed by atoms with Crippen LogP contribution in [0.5, 0.6) is 0 Å².